The molecule has 24 heavy (non-hydrogen) atoms. The van der Waals surface area contributed by atoms with Crippen LogP contribution in [0.2, 0.25) is 5.02 Å². The molecular formula is C19H20ClNO3. The minimum absolute atomic E-state index is 0.117. The van der Waals surface area contributed by atoms with Crippen molar-refractivity contribution in [2.75, 3.05) is 6.61 Å². The van der Waals surface area contributed by atoms with Gasteiger partial charge < -0.3 is 14.8 Å². The minimum atomic E-state index is -0.502. The number of hydrogen-bond donors (Lipinski definition) is 1. The summed E-state index contributed by atoms with van der Waals surface area (Å²) in [6.45, 7) is 3.63. The van der Waals surface area contributed by atoms with Gasteiger partial charge in [-0.2, -0.15) is 0 Å². The topological polar surface area (TPSA) is 47.6 Å². The average molecular weight is 346 g/mol. The quantitative estimate of drug-likeness (QED) is 0.871. The first-order valence-electron chi connectivity index (χ1n) is 8.04. The molecule has 1 amide bonds. The fourth-order valence-electron chi connectivity index (χ4n) is 2.74. The molecule has 2 aromatic rings. The molecule has 126 valence electrons. The Morgan fingerprint density at radius 3 is 2.88 bits per heavy atom. The highest BCUT2D eigenvalue weighted by Gasteiger charge is 2.29. The van der Waals surface area contributed by atoms with E-state index in [0.29, 0.717) is 31.2 Å². The van der Waals surface area contributed by atoms with Crippen LogP contribution in [0, 0.1) is 0 Å². The fourth-order valence-corrected chi connectivity index (χ4v) is 2.94. The third-order valence-corrected chi connectivity index (χ3v) is 4.26. The van der Waals surface area contributed by atoms with Crippen molar-refractivity contribution >= 4 is 17.5 Å². The molecule has 1 aliphatic rings. The summed E-state index contributed by atoms with van der Waals surface area (Å²) in [6, 6.07) is 13.4. The molecule has 0 radical (unpaired) electrons. The van der Waals surface area contributed by atoms with Crippen molar-refractivity contribution in [3.63, 3.8) is 0 Å². The summed E-state index contributed by atoms with van der Waals surface area (Å²) in [6.07, 6.45) is 0.0417. The first-order valence-corrected chi connectivity index (χ1v) is 8.42. The Kier molecular flexibility index (Phi) is 5.38. The second-order valence-corrected chi connectivity index (χ2v) is 6.12. The van der Waals surface area contributed by atoms with Crippen molar-refractivity contribution in [2.45, 2.75) is 32.6 Å². The molecule has 3 rings (SSSR count). The van der Waals surface area contributed by atoms with Gasteiger partial charge in [0.2, 0.25) is 0 Å². The summed E-state index contributed by atoms with van der Waals surface area (Å²) >= 11 is 5.98. The Morgan fingerprint density at radius 2 is 2.08 bits per heavy atom. The zero-order valence-electron chi connectivity index (χ0n) is 13.5. The van der Waals surface area contributed by atoms with Crippen LogP contribution in [0.4, 0.5) is 0 Å². The summed E-state index contributed by atoms with van der Waals surface area (Å²) in [7, 11) is 0. The van der Waals surface area contributed by atoms with Gasteiger partial charge in [0.25, 0.3) is 5.91 Å². The second-order valence-electron chi connectivity index (χ2n) is 5.69. The van der Waals surface area contributed by atoms with Crippen LogP contribution in [-0.4, -0.2) is 18.6 Å². The lowest BCUT2D eigenvalue weighted by Crippen LogP contribution is -2.37. The van der Waals surface area contributed by atoms with E-state index in [-0.39, 0.29) is 5.91 Å². The van der Waals surface area contributed by atoms with Crippen molar-refractivity contribution in [1.29, 1.82) is 0 Å². The zero-order chi connectivity index (χ0) is 16.9. The number of carbonyl (C=O) groups excluding carboxylic acids is 1. The van der Waals surface area contributed by atoms with Crippen molar-refractivity contribution in [2.24, 2.45) is 0 Å². The first kappa shape index (κ1) is 16.8. The Balaban J connectivity index is 1.59. The Labute approximate surface area is 146 Å². The summed E-state index contributed by atoms with van der Waals surface area (Å²) < 4.78 is 11.2. The number of carbonyl (C=O) groups is 1. The number of fused-ring (bicyclic) bond motifs is 1. The molecule has 0 saturated carbocycles. The number of rotatable bonds is 6. The van der Waals surface area contributed by atoms with Gasteiger partial charge in [0.1, 0.15) is 5.75 Å². The molecule has 0 aromatic heterocycles. The number of amides is 1. The molecule has 1 unspecified atom stereocenters. The van der Waals surface area contributed by atoms with E-state index >= 15 is 0 Å². The third-order valence-electron chi connectivity index (χ3n) is 4.02. The first-order chi connectivity index (χ1) is 11.7. The summed E-state index contributed by atoms with van der Waals surface area (Å²) in [4.78, 5) is 12.4. The lowest BCUT2D eigenvalue weighted by molar-refractivity contribution is -0.127. The van der Waals surface area contributed by atoms with E-state index in [1.54, 1.807) is 6.07 Å². The van der Waals surface area contributed by atoms with Gasteiger partial charge in [-0.3, -0.25) is 4.79 Å². The van der Waals surface area contributed by atoms with Crippen LogP contribution in [0.15, 0.2) is 42.5 Å². The summed E-state index contributed by atoms with van der Waals surface area (Å²) in [5.41, 5.74) is 3.11. The van der Waals surface area contributed by atoms with Crippen molar-refractivity contribution in [1.82, 2.24) is 5.32 Å². The average Bonchev–Trinajstić information content (AvgIpc) is 3.01. The molecule has 0 aliphatic carbocycles. The van der Waals surface area contributed by atoms with Crippen LogP contribution in [0.3, 0.4) is 0 Å². The monoisotopic (exact) mass is 345 g/mol. The Bertz CT molecular complexity index is 732. The van der Waals surface area contributed by atoms with Gasteiger partial charge in [-0.1, -0.05) is 35.9 Å². The fraction of sp³-hybridized carbons (Fsp3) is 0.316. The lowest BCUT2D eigenvalue weighted by atomic mass is 10.1. The van der Waals surface area contributed by atoms with Crippen LogP contribution >= 0.6 is 11.6 Å². The molecule has 1 heterocycles. The predicted octanol–water partition coefficient (Wildman–Crippen LogP) is 3.50. The molecule has 1 N–H and O–H groups in total. The molecule has 1 atom stereocenters. The van der Waals surface area contributed by atoms with Crippen LogP contribution in [-0.2, 0) is 29.1 Å². The van der Waals surface area contributed by atoms with Crippen LogP contribution in [0.25, 0.3) is 0 Å². The van der Waals surface area contributed by atoms with E-state index in [1.165, 1.54) is 0 Å². The summed E-state index contributed by atoms with van der Waals surface area (Å²) in [5.74, 6) is 0.616. The SMILES string of the molecule is CCOCc1ccccc1CNC(=O)C1Cc2cc(Cl)ccc2O1. The van der Waals surface area contributed by atoms with E-state index in [1.807, 2.05) is 43.3 Å². The van der Waals surface area contributed by atoms with Crippen LogP contribution < -0.4 is 10.1 Å². The molecule has 0 bridgehead atoms. The van der Waals surface area contributed by atoms with Crippen LogP contribution in [0.1, 0.15) is 23.6 Å². The second kappa shape index (κ2) is 7.69. The highest BCUT2D eigenvalue weighted by molar-refractivity contribution is 6.30. The number of nitrogens with one attached hydrogen (secondary N) is 1. The molecule has 2 aromatic carbocycles. The van der Waals surface area contributed by atoms with Crippen LogP contribution in [0.5, 0.6) is 5.75 Å². The molecule has 4 nitrogen and oxygen atoms in total. The Hall–Kier alpha value is -2.04. The van der Waals surface area contributed by atoms with Crippen molar-refractivity contribution in [3.05, 3.63) is 64.2 Å². The molecule has 0 spiro atoms. The standard InChI is InChI=1S/C19H20ClNO3/c1-2-23-12-14-6-4-3-5-13(14)11-21-19(22)18-10-15-9-16(20)7-8-17(15)24-18/h3-9,18H,2,10-12H2,1H3,(H,21,22). The van der Waals surface area contributed by atoms with E-state index in [2.05, 4.69) is 5.32 Å². The van der Waals surface area contributed by atoms with Gasteiger partial charge >= 0.3 is 0 Å². The molecule has 0 saturated heterocycles. The van der Waals surface area contributed by atoms with Gasteiger partial charge in [-0.05, 0) is 41.8 Å². The van der Waals surface area contributed by atoms with Crippen molar-refractivity contribution in [3.8, 4) is 5.75 Å². The van der Waals surface area contributed by atoms with Gasteiger partial charge in [0.15, 0.2) is 6.10 Å². The van der Waals surface area contributed by atoms with Gasteiger partial charge in [-0.25, -0.2) is 0 Å². The molecule has 5 heteroatoms. The maximum atomic E-state index is 12.4. The summed E-state index contributed by atoms with van der Waals surface area (Å²) in [5, 5.41) is 3.61. The van der Waals surface area contributed by atoms with E-state index in [0.717, 1.165) is 22.4 Å². The molecular weight excluding hydrogens is 326 g/mol. The Morgan fingerprint density at radius 1 is 1.29 bits per heavy atom. The van der Waals surface area contributed by atoms with Gasteiger partial charge in [0.05, 0.1) is 6.61 Å². The predicted molar refractivity (Wildman–Crippen MR) is 93.2 cm³/mol. The third kappa shape index (κ3) is 3.89. The van der Waals surface area contributed by atoms with E-state index in [4.69, 9.17) is 21.1 Å². The normalized spacial score (nSPS) is 15.7. The van der Waals surface area contributed by atoms with Gasteiger partial charge in [0, 0.05) is 24.6 Å². The number of halogens is 1. The number of benzene rings is 2. The highest BCUT2D eigenvalue weighted by Crippen LogP contribution is 2.31. The molecule has 1 aliphatic heterocycles. The lowest BCUT2D eigenvalue weighted by Gasteiger charge is -2.13. The largest absolute Gasteiger partial charge is 0.480 e. The zero-order valence-corrected chi connectivity index (χ0v) is 14.3. The maximum absolute atomic E-state index is 12.4. The van der Waals surface area contributed by atoms with Crippen molar-refractivity contribution < 1.29 is 14.3 Å². The number of hydrogen-bond acceptors (Lipinski definition) is 3. The number of ether oxygens (including phenoxy) is 2. The minimum Gasteiger partial charge on any atom is -0.480 e. The van der Waals surface area contributed by atoms with E-state index < -0.39 is 6.10 Å². The van der Waals surface area contributed by atoms with E-state index in [9.17, 15) is 4.79 Å². The smallest absolute Gasteiger partial charge is 0.261 e. The van der Waals surface area contributed by atoms with Gasteiger partial charge in [-0.15, -0.1) is 0 Å². The molecule has 0 fully saturated rings. The highest BCUT2D eigenvalue weighted by atomic mass is 35.5. The maximum Gasteiger partial charge on any atom is 0.261 e.